The molecule has 2 nitrogen and oxygen atoms in total. The lowest BCUT2D eigenvalue weighted by Gasteiger charge is -2.23. The van der Waals surface area contributed by atoms with Gasteiger partial charge < -0.3 is 5.32 Å². The van der Waals surface area contributed by atoms with Crippen molar-refractivity contribution in [1.82, 2.24) is 0 Å². The van der Waals surface area contributed by atoms with Crippen LogP contribution in [0.1, 0.15) is 32.1 Å². The Morgan fingerprint density at radius 2 is 1.89 bits per heavy atom. The van der Waals surface area contributed by atoms with Crippen molar-refractivity contribution in [3.63, 3.8) is 0 Å². The van der Waals surface area contributed by atoms with E-state index in [1.807, 2.05) is 12.1 Å². The van der Waals surface area contributed by atoms with E-state index in [-0.39, 0.29) is 12.0 Å². The Kier molecular flexibility index (Phi) is 5.38. The molecule has 0 radical (unpaired) electrons. The normalized spacial score (nSPS) is 23.5. The van der Waals surface area contributed by atoms with Crippen LogP contribution < -0.4 is 5.32 Å². The van der Waals surface area contributed by atoms with Gasteiger partial charge in [-0.25, -0.2) is 0 Å². The van der Waals surface area contributed by atoms with Gasteiger partial charge in [0.05, 0.1) is 27.7 Å². The van der Waals surface area contributed by atoms with Crippen LogP contribution in [0, 0.1) is 17.2 Å². The molecule has 0 saturated heterocycles. The summed E-state index contributed by atoms with van der Waals surface area (Å²) in [6, 6.07) is 6.34. The summed E-state index contributed by atoms with van der Waals surface area (Å²) in [5.74, 6) is 0.0426. The topological polar surface area (TPSA) is 35.8 Å². The summed E-state index contributed by atoms with van der Waals surface area (Å²) < 4.78 is 0.780. The summed E-state index contributed by atoms with van der Waals surface area (Å²) in [6.45, 7) is 0. The van der Waals surface area contributed by atoms with Crippen molar-refractivity contribution in [1.29, 1.82) is 5.26 Å². The van der Waals surface area contributed by atoms with Crippen molar-refractivity contribution in [2.75, 3.05) is 5.32 Å². The number of benzene rings is 1. The first-order valence-electron chi connectivity index (χ1n) is 6.43. The molecule has 1 saturated carbocycles. The highest BCUT2D eigenvalue weighted by molar-refractivity contribution is 9.10. The van der Waals surface area contributed by atoms with E-state index in [2.05, 4.69) is 27.3 Å². The fourth-order valence-corrected chi connectivity index (χ4v) is 3.30. The van der Waals surface area contributed by atoms with E-state index >= 15 is 0 Å². The Labute approximate surface area is 132 Å². The molecule has 0 spiro atoms. The van der Waals surface area contributed by atoms with E-state index in [4.69, 9.17) is 23.2 Å². The second kappa shape index (κ2) is 6.83. The van der Waals surface area contributed by atoms with Crippen LogP contribution in [-0.2, 0) is 0 Å². The van der Waals surface area contributed by atoms with Crippen LogP contribution in [0.3, 0.4) is 0 Å². The number of nitrogens with one attached hydrogen (secondary N) is 1. The van der Waals surface area contributed by atoms with Crippen molar-refractivity contribution in [2.24, 2.45) is 5.92 Å². The third-order valence-electron chi connectivity index (χ3n) is 3.56. The van der Waals surface area contributed by atoms with Crippen LogP contribution >= 0.6 is 39.1 Å². The first kappa shape index (κ1) is 15.0. The number of hydrogen-bond donors (Lipinski definition) is 1. The predicted octanol–water partition coefficient (Wildman–Crippen LogP) is 5.64. The van der Waals surface area contributed by atoms with Gasteiger partial charge in [-0.1, -0.05) is 42.5 Å². The van der Waals surface area contributed by atoms with Gasteiger partial charge in [-0.2, -0.15) is 5.26 Å². The Morgan fingerprint density at radius 3 is 2.63 bits per heavy atom. The zero-order chi connectivity index (χ0) is 13.8. The maximum Gasteiger partial charge on any atom is 0.0835 e. The van der Waals surface area contributed by atoms with Gasteiger partial charge in [-0.3, -0.25) is 0 Å². The SMILES string of the molecule is N#CC1CCCCCC1Nc1ccc(Br)c(Cl)c1Cl. The van der Waals surface area contributed by atoms with Crippen molar-refractivity contribution >= 4 is 44.8 Å². The molecule has 2 atom stereocenters. The van der Waals surface area contributed by atoms with Gasteiger partial charge in [-0.05, 0) is 40.9 Å². The number of halogens is 3. The molecule has 1 aliphatic carbocycles. The fraction of sp³-hybridized carbons (Fsp3) is 0.500. The number of anilines is 1. The number of hydrogen-bond acceptors (Lipinski definition) is 2. The molecule has 0 aliphatic heterocycles. The van der Waals surface area contributed by atoms with Gasteiger partial charge in [0.2, 0.25) is 0 Å². The average Bonchev–Trinajstić information content (AvgIpc) is 2.64. The van der Waals surface area contributed by atoms with Crippen LogP contribution in [0.15, 0.2) is 16.6 Å². The van der Waals surface area contributed by atoms with E-state index in [9.17, 15) is 5.26 Å². The van der Waals surface area contributed by atoms with Gasteiger partial charge in [0.1, 0.15) is 0 Å². The molecule has 1 aliphatic rings. The van der Waals surface area contributed by atoms with Gasteiger partial charge >= 0.3 is 0 Å². The van der Waals surface area contributed by atoms with Crippen LogP contribution in [0.5, 0.6) is 0 Å². The third kappa shape index (κ3) is 3.56. The maximum atomic E-state index is 9.28. The molecular weight excluding hydrogens is 347 g/mol. The van der Waals surface area contributed by atoms with E-state index in [0.717, 1.165) is 35.8 Å². The molecule has 0 aromatic heterocycles. The van der Waals surface area contributed by atoms with Crippen LogP contribution in [0.4, 0.5) is 5.69 Å². The summed E-state index contributed by atoms with van der Waals surface area (Å²) in [5.41, 5.74) is 0.807. The monoisotopic (exact) mass is 360 g/mol. The number of nitrogens with zero attached hydrogens (tertiary/aromatic N) is 1. The summed E-state index contributed by atoms with van der Waals surface area (Å²) in [4.78, 5) is 0. The highest BCUT2D eigenvalue weighted by atomic mass is 79.9. The summed E-state index contributed by atoms with van der Waals surface area (Å²) in [6.07, 6.45) is 5.44. The second-order valence-corrected chi connectivity index (χ2v) is 6.46. The molecule has 2 rings (SSSR count). The zero-order valence-electron chi connectivity index (χ0n) is 10.4. The highest BCUT2D eigenvalue weighted by Crippen LogP contribution is 2.37. The minimum absolute atomic E-state index is 0.0426. The Hall–Kier alpha value is -0.430. The second-order valence-electron chi connectivity index (χ2n) is 4.85. The fourth-order valence-electron chi connectivity index (χ4n) is 2.47. The van der Waals surface area contributed by atoms with Crippen molar-refractivity contribution < 1.29 is 0 Å². The zero-order valence-corrected chi connectivity index (χ0v) is 13.5. The largest absolute Gasteiger partial charge is 0.380 e. The Morgan fingerprint density at radius 1 is 1.16 bits per heavy atom. The lowest BCUT2D eigenvalue weighted by molar-refractivity contribution is 0.514. The lowest BCUT2D eigenvalue weighted by Crippen LogP contribution is -2.27. The maximum absolute atomic E-state index is 9.28. The van der Waals surface area contributed by atoms with Crippen LogP contribution in [0.25, 0.3) is 0 Å². The smallest absolute Gasteiger partial charge is 0.0835 e. The molecule has 2 unspecified atom stereocenters. The van der Waals surface area contributed by atoms with Crippen molar-refractivity contribution in [2.45, 2.75) is 38.1 Å². The molecule has 1 aromatic rings. The van der Waals surface area contributed by atoms with Crippen LogP contribution in [-0.4, -0.2) is 6.04 Å². The highest BCUT2D eigenvalue weighted by Gasteiger charge is 2.24. The van der Waals surface area contributed by atoms with Gasteiger partial charge in [0, 0.05) is 10.5 Å². The van der Waals surface area contributed by atoms with Gasteiger partial charge in [0.25, 0.3) is 0 Å². The molecule has 5 heteroatoms. The molecule has 1 N–H and O–H groups in total. The molecule has 0 bridgehead atoms. The minimum atomic E-state index is 0.0426. The Bertz CT molecular complexity index is 499. The van der Waals surface area contributed by atoms with Gasteiger partial charge in [0.15, 0.2) is 0 Å². The number of nitriles is 1. The summed E-state index contributed by atoms with van der Waals surface area (Å²) >= 11 is 15.7. The van der Waals surface area contributed by atoms with Crippen LogP contribution in [0.2, 0.25) is 10.0 Å². The minimum Gasteiger partial charge on any atom is -0.380 e. The molecule has 1 aromatic carbocycles. The predicted molar refractivity (Wildman–Crippen MR) is 83.8 cm³/mol. The summed E-state index contributed by atoms with van der Waals surface area (Å²) in [5, 5.41) is 13.7. The molecule has 1 fully saturated rings. The van der Waals surface area contributed by atoms with E-state index in [0.29, 0.717) is 10.0 Å². The van der Waals surface area contributed by atoms with Crippen molar-refractivity contribution in [3.8, 4) is 6.07 Å². The van der Waals surface area contributed by atoms with E-state index in [1.54, 1.807) is 0 Å². The molecular formula is C14H15BrCl2N2. The van der Waals surface area contributed by atoms with E-state index in [1.165, 1.54) is 6.42 Å². The third-order valence-corrected chi connectivity index (χ3v) is 5.33. The quantitative estimate of drug-likeness (QED) is 0.546. The Balaban J connectivity index is 2.19. The first-order valence-corrected chi connectivity index (χ1v) is 7.98. The molecule has 0 amide bonds. The van der Waals surface area contributed by atoms with E-state index < -0.39 is 0 Å². The van der Waals surface area contributed by atoms with Gasteiger partial charge in [-0.15, -0.1) is 0 Å². The number of rotatable bonds is 2. The molecule has 0 heterocycles. The summed E-state index contributed by atoms with van der Waals surface area (Å²) in [7, 11) is 0. The molecule has 19 heavy (non-hydrogen) atoms. The standard InChI is InChI=1S/C14H15BrCl2N2/c15-10-6-7-12(14(17)13(10)16)19-11-5-3-1-2-4-9(11)8-18/h6-7,9,11,19H,1-5H2. The first-order chi connectivity index (χ1) is 9.13. The lowest BCUT2D eigenvalue weighted by atomic mass is 9.96. The average molecular weight is 362 g/mol. The molecule has 102 valence electrons. The van der Waals surface area contributed by atoms with Crippen molar-refractivity contribution in [3.05, 3.63) is 26.7 Å².